The predicted octanol–water partition coefficient (Wildman–Crippen LogP) is 3.40. The smallest absolute Gasteiger partial charge is 0.157 e. The SMILES string of the molecule is Fc1cccc(-n2nc(Nc3ccccc3)c3c2CCNC3)c1. The van der Waals surface area contributed by atoms with Gasteiger partial charge in [-0.25, -0.2) is 9.07 Å². The number of hydrogen-bond donors (Lipinski definition) is 2. The van der Waals surface area contributed by atoms with Crippen molar-refractivity contribution in [3.05, 3.63) is 71.7 Å². The van der Waals surface area contributed by atoms with Gasteiger partial charge in [-0.05, 0) is 30.3 Å². The number of nitrogens with zero attached hydrogens (tertiary/aromatic N) is 2. The van der Waals surface area contributed by atoms with Crippen LogP contribution in [0.25, 0.3) is 5.69 Å². The fourth-order valence-corrected chi connectivity index (χ4v) is 2.93. The van der Waals surface area contributed by atoms with E-state index in [-0.39, 0.29) is 5.82 Å². The molecule has 0 fully saturated rings. The molecule has 4 nitrogen and oxygen atoms in total. The molecule has 5 heteroatoms. The Kier molecular flexibility index (Phi) is 3.55. The van der Waals surface area contributed by atoms with Gasteiger partial charge in [0.2, 0.25) is 0 Å². The average Bonchev–Trinajstić information content (AvgIpc) is 2.95. The van der Waals surface area contributed by atoms with Crippen LogP contribution in [0.4, 0.5) is 15.9 Å². The van der Waals surface area contributed by atoms with Gasteiger partial charge in [0.1, 0.15) is 5.82 Å². The Morgan fingerprint density at radius 1 is 1.09 bits per heavy atom. The zero-order chi connectivity index (χ0) is 15.6. The highest BCUT2D eigenvalue weighted by Gasteiger charge is 2.21. The Labute approximate surface area is 134 Å². The molecule has 1 aromatic heterocycles. The van der Waals surface area contributed by atoms with Gasteiger partial charge < -0.3 is 10.6 Å². The van der Waals surface area contributed by atoms with Crippen molar-refractivity contribution in [3.8, 4) is 5.69 Å². The highest BCUT2D eigenvalue weighted by atomic mass is 19.1. The molecule has 0 radical (unpaired) electrons. The first-order valence-electron chi connectivity index (χ1n) is 7.71. The van der Waals surface area contributed by atoms with Gasteiger partial charge in [0.15, 0.2) is 5.82 Å². The maximum Gasteiger partial charge on any atom is 0.157 e. The second-order valence-corrected chi connectivity index (χ2v) is 5.58. The third-order valence-corrected chi connectivity index (χ3v) is 4.02. The molecule has 2 aromatic carbocycles. The molecule has 2 N–H and O–H groups in total. The van der Waals surface area contributed by atoms with Crippen molar-refractivity contribution in [1.29, 1.82) is 0 Å². The normalized spacial score (nSPS) is 13.6. The number of rotatable bonds is 3. The van der Waals surface area contributed by atoms with E-state index in [4.69, 9.17) is 5.10 Å². The number of anilines is 2. The Morgan fingerprint density at radius 2 is 1.96 bits per heavy atom. The first kappa shape index (κ1) is 14.0. The van der Waals surface area contributed by atoms with Crippen molar-refractivity contribution in [2.24, 2.45) is 0 Å². The molecule has 0 atom stereocenters. The van der Waals surface area contributed by atoms with Gasteiger partial charge in [-0.1, -0.05) is 24.3 Å². The van der Waals surface area contributed by atoms with Crippen LogP contribution >= 0.6 is 0 Å². The van der Waals surface area contributed by atoms with E-state index in [2.05, 4.69) is 10.6 Å². The van der Waals surface area contributed by atoms with E-state index in [1.165, 1.54) is 12.1 Å². The number of hydrogen-bond acceptors (Lipinski definition) is 3. The van der Waals surface area contributed by atoms with Crippen LogP contribution in [-0.4, -0.2) is 16.3 Å². The first-order valence-corrected chi connectivity index (χ1v) is 7.71. The van der Waals surface area contributed by atoms with Crippen LogP contribution in [-0.2, 0) is 13.0 Å². The molecule has 0 saturated carbocycles. The predicted molar refractivity (Wildman–Crippen MR) is 88.7 cm³/mol. The Bertz CT molecular complexity index is 826. The Hall–Kier alpha value is -2.66. The zero-order valence-electron chi connectivity index (χ0n) is 12.6. The molecule has 0 unspecified atom stereocenters. The van der Waals surface area contributed by atoms with Crippen LogP contribution in [0, 0.1) is 5.82 Å². The summed E-state index contributed by atoms with van der Waals surface area (Å²) in [6, 6.07) is 16.5. The topological polar surface area (TPSA) is 41.9 Å². The fourth-order valence-electron chi connectivity index (χ4n) is 2.93. The molecule has 0 bridgehead atoms. The third kappa shape index (κ3) is 2.71. The lowest BCUT2D eigenvalue weighted by Crippen LogP contribution is -2.24. The largest absolute Gasteiger partial charge is 0.338 e. The molecule has 116 valence electrons. The minimum Gasteiger partial charge on any atom is -0.338 e. The van der Waals surface area contributed by atoms with Gasteiger partial charge in [0.05, 0.1) is 11.4 Å². The summed E-state index contributed by atoms with van der Waals surface area (Å²) in [6.45, 7) is 1.67. The quantitative estimate of drug-likeness (QED) is 0.779. The van der Waals surface area contributed by atoms with E-state index in [1.807, 2.05) is 41.1 Å². The highest BCUT2D eigenvalue weighted by molar-refractivity contribution is 5.61. The standard InChI is InChI=1S/C18H17FN4/c19-13-5-4-8-15(11-13)23-17-9-10-20-12-16(17)18(22-23)21-14-6-2-1-3-7-14/h1-8,11,20H,9-10,12H2,(H,21,22). The van der Waals surface area contributed by atoms with E-state index in [9.17, 15) is 4.39 Å². The molecule has 0 spiro atoms. The average molecular weight is 308 g/mol. The summed E-state index contributed by atoms with van der Waals surface area (Å²) in [5.74, 6) is 0.570. The van der Waals surface area contributed by atoms with Crippen molar-refractivity contribution in [3.63, 3.8) is 0 Å². The van der Waals surface area contributed by atoms with Crippen molar-refractivity contribution in [2.45, 2.75) is 13.0 Å². The van der Waals surface area contributed by atoms with Crippen LogP contribution in [0.5, 0.6) is 0 Å². The number of halogens is 1. The molecule has 1 aliphatic rings. The molecular formula is C18H17FN4. The van der Waals surface area contributed by atoms with E-state index < -0.39 is 0 Å². The molecule has 23 heavy (non-hydrogen) atoms. The van der Waals surface area contributed by atoms with Gasteiger partial charge >= 0.3 is 0 Å². The second kappa shape index (κ2) is 5.85. The molecule has 0 amide bonds. The van der Waals surface area contributed by atoms with E-state index in [1.54, 1.807) is 6.07 Å². The maximum atomic E-state index is 13.6. The number of nitrogens with one attached hydrogen (secondary N) is 2. The summed E-state index contributed by atoms with van der Waals surface area (Å²) >= 11 is 0. The summed E-state index contributed by atoms with van der Waals surface area (Å²) < 4.78 is 15.4. The Morgan fingerprint density at radius 3 is 2.78 bits per heavy atom. The fraction of sp³-hybridized carbons (Fsp3) is 0.167. The van der Waals surface area contributed by atoms with Crippen molar-refractivity contribution >= 4 is 11.5 Å². The molecular weight excluding hydrogens is 291 g/mol. The molecule has 0 aliphatic carbocycles. The van der Waals surface area contributed by atoms with Crippen LogP contribution in [0.1, 0.15) is 11.3 Å². The van der Waals surface area contributed by atoms with Crippen LogP contribution in [0.2, 0.25) is 0 Å². The van der Waals surface area contributed by atoms with Crippen LogP contribution in [0.3, 0.4) is 0 Å². The maximum absolute atomic E-state index is 13.6. The third-order valence-electron chi connectivity index (χ3n) is 4.02. The van der Waals surface area contributed by atoms with Crippen LogP contribution in [0.15, 0.2) is 54.6 Å². The summed E-state index contributed by atoms with van der Waals surface area (Å²) in [4.78, 5) is 0. The molecule has 2 heterocycles. The van der Waals surface area contributed by atoms with Gasteiger partial charge in [-0.15, -0.1) is 5.10 Å². The van der Waals surface area contributed by atoms with E-state index >= 15 is 0 Å². The number of fused-ring (bicyclic) bond motifs is 1. The summed E-state index contributed by atoms with van der Waals surface area (Å²) in [6.07, 6.45) is 0.870. The van der Waals surface area contributed by atoms with Gasteiger partial charge in [-0.2, -0.15) is 0 Å². The molecule has 3 aromatic rings. The monoisotopic (exact) mass is 308 g/mol. The van der Waals surface area contributed by atoms with Crippen molar-refractivity contribution in [2.75, 3.05) is 11.9 Å². The lowest BCUT2D eigenvalue weighted by Gasteiger charge is -2.15. The first-order chi connectivity index (χ1) is 11.3. The van der Waals surface area contributed by atoms with Gasteiger partial charge in [-0.3, -0.25) is 0 Å². The number of benzene rings is 2. The minimum absolute atomic E-state index is 0.252. The van der Waals surface area contributed by atoms with Crippen LogP contribution < -0.4 is 10.6 Å². The molecule has 0 saturated heterocycles. The van der Waals surface area contributed by atoms with Crippen molar-refractivity contribution in [1.82, 2.24) is 15.1 Å². The second-order valence-electron chi connectivity index (χ2n) is 5.58. The summed E-state index contributed by atoms with van der Waals surface area (Å²) in [7, 11) is 0. The van der Waals surface area contributed by atoms with Gasteiger partial charge in [0, 0.05) is 30.8 Å². The zero-order valence-corrected chi connectivity index (χ0v) is 12.6. The highest BCUT2D eigenvalue weighted by Crippen LogP contribution is 2.28. The molecule has 1 aliphatic heterocycles. The van der Waals surface area contributed by atoms with E-state index in [0.29, 0.717) is 0 Å². The summed E-state index contributed by atoms with van der Waals surface area (Å²) in [5.41, 5.74) is 4.02. The lowest BCUT2D eigenvalue weighted by molar-refractivity contribution is 0.614. The van der Waals surface area contributed by atoms with Gasteiger partial charge in [0.25, 0.3) is 0 Å². The lowest BCUT2D eigenvalue weighted by atomic mass is 10.1. The minimum atomic E-state index is -0.252. The number of para-hydroxylation sites is 1. The Balaban J connectivity index is 1.78. The van der Waals surface area contributed by atoms with Crippen molar-refractivity contribution < 1.29 is 4.39 Å². The summed E-state index contributed by atoms with van der Waals surface area (Å²) in [5, 5.41) is 11.4. The van der Waals surface area contributed by atoms with E-state index in [0.717, 1.165) is 48.0 Å². The number of aromatic nitrogens is 2. The molecule has 4 rings (SSSR count).